The average molecular weight is 575 g/mol. The van der Waals surface area contributed by atoms with E-state index >= 15 is 0 Å². The first-order valence-electron chi connectivity index (χ1n) is 17.1. The lowest BCUT2D eigenvalue weighted by atomic mass is 9.38. The zero-order valence-corrected chi connectivity index (χ0v) is 27.0. The van der Waals surface area contributed by atoms with E-state index in [4.69, 9.17) is 4.74 Å². The second kappa shape index (κ2) is 11.3. The van der Waals surface area contributed by atoms with Gasteiger partial charge in [0.2, 0.25) is 0 Å². The third-order valence-electron chi connectivity index (χ3n) is 14.2. The van der Waals surface area contributed by atoms with E-state index in [2.05, 4.69) is 37.9 Å². The number of fused-ring (bicyclic) bond motifs is 7. The van der Waals surface area contributed by atoms with Crippen molar-refractivity contribution in [1.29, 1.82) is 0 Å². The van der Waals surface area contributed by atoms with Crippen molar-refractivity contribution in [3.8, 4) is 0 Å². The minimum atomic E-state index is -0.600. The molecule has 1 aliphatic heterocycles. The van der Waals surface area contributed by atoms with Gasteiger partial charge in [0.15, 0.2) is 0 Å². The van der Waals surface area contributed by atoms with Crippen molar-refractivity contribution in [2.24, 2.45) is 46.3 Å². The van der Waals surface area contributed by atoms with Crippen LogP contribution in [-0.2, 0) is 20.7 Å². The van der Waals surface area contributed by atoms with Crippen LogP contribution in [0.4, 0.5) is 0 Å². The minimum Gasteiger partial charge on any atom is -0.616 e. The van der Waals surface area contributed by atoms with Crippen LogP contribution in [0.1, 0.15) is 112 Å². The molecule has 0 aromatic heterocycles. The number of hydrogen-bond donors (Lipinski definition) is 1. The number of hydrogen-bond acceptors (Lipinski definition) is 5. The largest absolute Gasteiger partial charge is 0.616 e. The van der Waals surface area contributed by atoms with Gasteiger partial charge in [0.1, 0.15) is 17.6 Å². The maximum absolute atomic E-state index is 12.0. The summed E-state index contributed by atoms with van der Waals surface area (Å²) in [6.07, 6.45) is 16.1. The molecule has 0 aromatic carbocycles. The van der Waals surface area contributed by atoms with Gasteiger partial charge in [-0.1, -0.05) is 45.3 Å². The molecule has 6 fully saturated rings. The van der Waals surface area contributed by atoms with Crippen LogP contribution in [0.15, 0.2) is 0 Å². The fraction of sp³-hybridized carbons (Fsp3) is 0.971. The molecule has 6 aliphatic rings. The van der Waals surface area contributed by atoms with Gasteiger partial charge in [-0.15, -0.1) is 0 Å². The number of esters is 1. The molecular weight excluding hydrogens is 516 g/mol. The van der Waals surface area contributed by atoms with Gasteiger partial charge in [0.25, 0.3) is 0 Å². The van der Waals surface area contributed by atoms with E-state index in [1.54, 1.807) is 6.92 Å². The Kier molecular flexibility index (Phi) is 8.42. The van der Waals surface area contributed by atoms with Gasteiger partial charge >= 0.3 is 5.97 Å². The fourth-order valence-electron chi connectivity index (χ4n) is 12.4. The quantitative estimate of drug-likeness (QED) is 0.303. The Balaban J connectivity index is 1.16. The normalized spacial score (nSPS) is 48.4. The third-order valence-corrected chi connectivity index (χ3v) is 15.5. The van der Waals surface area contributed by atoms with Crippen molar-refractivity contribution in [2.45, 2.75) is 129 Å². The number of carbonyl (C=O) groups is 1. The van der Waals surface area contributed by atoms with E-state index in [1.165, 1.54) is 70.6 Å². The number of nitrogens with one attached hydrogen (secondary N) is 1. The van der Waals surface area contributed by atoms with Crippen LogP contribution in [0.2, 0.25) is 0 Å². The van der Waals surface area contributed by atoms with Crippen molar-refractivity contribution in [3.05, 3.63) is 0 Å². The summed E-state index contributed by atoms with van der Waals surface area (Å²) >= 11 is -0.600. The highest BCUT2D eigenvalue weighted by Crippen LogP contribution is 2.70. The molecule has 40 heavy (non-hydrogen) atoms. The molecule has 1 saturated heterocycles. The highest BCUT2D eigenvalue weighted by Gasteiger charge is 2.64. The molecule has 0 aromatic rings. The molecule has 11 atom stereocenters. The second-order valence-electron chi connectivity index (χ2n) is 15.6. The first-order valence-corrected chi connectivity index (χ1v) is 18.6. The van der Waals surface area contributed by atoms with Crippen molar-refractivity contribution < 1.29 is 14.1 Å². The van der Waals surface area contributed by atoms with Gasteiger partial charge in [-0.3, -0.25) is 9.69 Å². The summed E-state index contributed by atoms with van der Waals surface area (Å²) in [7, 11) is 0. The zero-order valence-electron chi connectivity index (χ0n) is 26.2. The second-order valence-corrected chi connectivity index (χ2v) is 17.3. The predicted molar refractivity (Wildman–Crippen MR) is 163 cm³/mol. The van der Waals surface area contributed by atoms with Crippen LogP contribution in [0, 0.1) is 46.3 Å². The minimum absolute atomic E-state index is 0.102. The molecular formula is C34H58N2O3S. The summed E-state index contributed by atoms with van der Waals surface area (Å²) in [5.41, 5.74) is 1.21. The van der Waals surface area contributed by atoms with Crippen LogP contribution in [0.3, 0.4) is 0 Å². The third kappa shape index (κ3) is 4.91. The van der Waals surface area contributed by atoms with Crippen LogP contribution in [0.5, 0.6) is 0 Å². The molecule has 6 rings (SSSR count). The Morgan fingerprint density at radius 2 is 1.68 bits per heavy atom. The van der Waals surface area contributed by atoms with Gasteiger partial charge < -0.3 is 14.6 Å². The molecule has 0 amide bonds. The molecule has 0 radical (unpaired) electrons. The lowest BCUT2D eigenvalue weighted by Gasteiger charge is -2.68. The molecule has 0 spiro atoms. The highest BCUT2D eigenvalue weighted by molar-refractivity contribution is 7.91. The molecule has 5 aliphatic carbocycles. The summed E-state index contributed by atoms with van der Waals surface area (Å²) in [5, 5.41) is 4.29. The summed E-state index contributed by atoms with van der Waals surface area (Å²) < 4.78 is 17.8. The van der Waals surface area contributed by atoms with Crippen molar-refractivity contribution in [2.75, 3.05) is 31.1 Å². The molecule has 1 heterocycles. The Morgan fingerprint density at radius 3 is 2.40 bits per heavy atom. The summed E-state index contributed by atoms with van der Waals surface area (Å²) in [6.45, 7) is 14.8. The van der Waals surface area contributed by atoms with Gasteiger partial charge in [-0.25, -0.2) is 0 Å². The number of nitrogens with zero attached hydrogens (tertiary/aromatic N) is 1. The summed E-state index contributed by atoms with van der Waals surface area (Å²) in [5.74, 6) is 6.21. The van der Waals surface area contributed by atoms with Crippen LogP contribution >= 0.6 is 0 Å². The summed E-state index contributed by atoms with van der Waals surface area (Å²) in [4.78, 5) is 14.4. The van der Waals surface area contributed by atoms with Crippen molar-refractivity contribution in [3.63, 3.8) is 0 Å². The van der Waals surface area contributed by atoms with Crippen molar-refractivity contribution >= 4 is 17.1 Å². The monoisotopic (exact) mass is 574 g/mol. The lowest BCUT2D eigenvalue weighted by Crippen LogP contribution is -2.64. The van der Waals surface area contributed by atoms with Crippen LogP contribution in [-0.4, -0.2) is 64.2 Å². The van der Waals surface area contributed by atoms with E-state index in [0.29, 0.717) is 34.2 Å². The standard InChI is InChI=1S/C34H58N2O3S/c1-6-25(36-18-20-40(38)21-19-36)22-35-34-14-7-8-29(34)26-9-10-31-32(4)16-13-30(39-24(3)37)23(2)27(32)11-15-33(31,5)28(26)12-17-34/h23,25-31,35H,6-22H2,1-5H3/t23?,25?,26?,27?,28?,29-,30?,31?,32?,33?,34?/m1/s1. The van der Waals surface area contributed by atoms with Gasteiger partial charge in [-0.05, 0) is 117 Å². The number of ether oxygens (including phenoxy) is 1. The topological polar surface area (TPSA) is 64.6 Å². The fourth-order valence-corrected chi connectivity index (χ4v) is 13.4. The maximum Gasteiger partial charge on any atom is 0.302 e. The van der Waals surface area contributed by atoms with E-state index in [0.717, 1.165) is 61.2 Å². The smallest absolute Gasteiger partial charge is 0.302 e. The predicted octanol–water partition coefficient (Wildman–Crippen LogP) is 6.18. The first kappa shape index (κ1) is 29.8. The SMILES string of the molecule is CCC(CNC12CCC[C@@H]1C1CCC3C4(C)CCC(OC(C)=O)C(C)C4CCC3(C)C1CC2)N1CC[S+]([O-])CC1. The Bertz CT molecular complexity index is 925. The maximum atomic E-state index is 12.0. The molecule has 10 unspecified atom stereocenters. The molecule has 6 heteroatoms. The van der Waals surface area contributed by atoms with Gasteiger partial charge in [0, 0.05) is 38.1 Å². The lowest BCUT2D eigenvalue weighted by molar-refractivity contribution is -0.198. The van der Waals surface area contributed by atoms with Gasteiger partial charge in [0.05, 0.1) is 0 Å². The number of rotatable bonds is 6. The zero-order chi connectivity index (χ0) is 28.3. The molecule has 5 saturated carbocycles. The van der Waals surface area contributed by atoms with Gasteiger partial charge in [-0.2, -0.15) is 0 Å². The van der Waals surface area contributed by atoms with Crippen LogP contribution < -0.4 is 5.32 Å². The van der Waals surface area contributed by atoms with E-state index < -0.39 is 11.2 Å². The summed E-state index contributed by atoms with van der Waals surface area (Å²) in [6, 6.07) is 0.582. The van der Waals surface area contributed by atoms with Crippen LogP contribution in [0.25, 0.3) is 0 Å². The molecule has 5 nitrogen and oxygen atoms in total. The molecule has 228 valence electrons. The van der Waals surface area contributed by atoms with E-state index in [9.17, 15) is 9.35 Å². The Hall–Kier alpha value is -0.300. The first-order chi connectivity index (χ1) is 19.1. The average Bonchev–Trinajstić information content (AvgIpc) is 3.36. The van der Waals surface area contributed by atoms with E-state index in [1.807, 2.05) is 0 Å². The Labute approximate surface area is 247 Å². The Morgan fingerprint density at radius 1 is 0.975 bits per heavy atom. The molecule has 0 bridgehead atoms. The van der Waals surface area contributed by atoms with Crippen molar-refractivity contribution in [1.82, 2.24) is 10.2 Å². The molecule has 1 N–H and O–H groups in total. The number of carbonyl (C=O) groups excluding carboxylic acids is 1. The highest BCUT2D eigenvalue weighted by atomic mass is 32.2. The van der Waals surface area contributed by atoms with E-state index in [-0.39, 0.29) is 12.1 Å².